The summed E-state index contributed by atoms with van der Waals surface area (Å²) in [6.45, 7) is 6.33. The monoisotopic (exact) mass is 285 g/mol. The molecule has 0 spiro atoms. The molecular formula is C13H23N3O2S. The standard InChI is InChI=1S/C13H23N3O2S/c1-6-9-13(2,3)15-12-8-7-11(10-14-12)19(17,18)16(4)5/h7-8,10H,6,9H2,1-5H3,(H,14,15). The first-order valence-corrected chi connectivity index (χ1v) is 7.80. The normalized spacial score (nSPS) is 12.7. The smallest absolute Gasteiger partial charge is 0.244 e. The summed E-state index contributed by atoms with van der Waals surface area (Å²) in [5.74, 6) is 0.691. The third-order valence-corrected chi connectivity index (χ3v) is 4.66. The van der Waals surface area contributed by atoms with Gasteiger partial charge in [-0.2, -0.15) is 0 Å². The van der Waals surface area contributed by atoms with Gasteiger partial charge in [-0.1, -0.05) is 13.3 Å². The molecule has 0 aliphatic carbocycles. The Morgan fingerprint density at radius 1 is 1.32 bits per heavy atom. The van der Waals surface area contributed by atoms with E-state index >= 15 is 0 Å². The first-order valence-electron chi connectivity index (χ1n) is 6.36. The largest absolute Gasteiger partial charge is 0.365 e. The van der Waals surface area contributed by atoms with E-state index in [9.17, 15) is 8.42 Å². The molecule has 5 nitrogen and oxygen atoms in total. The minimum absolute atomic E-state index is 0.0519. The van der Waals surface area contributed by atoms with Crippen LogP contribution in [0, 0.1) is 0 Å². The van der Waals surface area contributed by atoms with Gasteiger partial charge in [-0.15, -0.1) is 0 Å². The Kier molecular flexibility index (Phi) is 4.92. The summed E-state index contributed by atoms with van der Waals surface area (Å²) in [5, 5.41) is 3.31. The lowest BCUT2D eigenvalue weighted by molar-refractivity contribution is 0.508. The summed E-state index contributed by atoms with van der Waals surface area (Å²) < 4.78 is 25.0. The second-order valence-electron chi connectivity index (χ2n) is 5.43. The Morgan fingerprint density at radius 2 is 1.95 bits per heavy atom. The van der Waals surface area contributed by atoms with Crippen molar-refractivity contribution >= 4 is 15.8 Å². The SMILES string of the molecule is CCCC(C)(C)Nc1ccc(S(=O)(=O)N(C)C)cn1. The van der Waals surface area contributed by atoms with E-state index in [1.165, 1.54) is 24.6 Å². The number of aromatic nitrogens is 1. The molecule has 0 unspecified atom stereocenters. The van der Waals surface area contributed by atoms with Crippen LogP contribution in [0.4, 0.5) is 5.82 Å². The van der Waals surface area contributed by atoms with Crippen LogP contribution in [0.5, 0.6) is 0 Å². The first-order chi connectivity index (χ1) is 8.69. The highest BCUT2D eigenvalue weighted by molar-refractivity contribution is 7.89. The molecule has 0 aliphatic heterocycles. The third kappa shape index (κ3) is 4.18. The van der Waals surface area contributed by atoms with E-state index in [1.807, 2.05) is 0 Å². The molecule has 108 valence electrons. The molecule has 6 heteroatoms. The molecule has 1 N–H and O–H groups in total. The maximum Gasteiger partial charge on any atom is 0.244 e. The number of rotatable bonds is 6. The van der Waals surface area contributed by atoms with Crippen molar-refractivity contribution in [2.45, 2.75) is 44.0 Å². The molecule has 0 saturated carbocycles. The van der Waals surface area contributed by atoms with Gasteiger partial charge in [0, 0.05) is 25.8 Å². The zero-order chi connectivity index (χ0) is 14.7. The molecular weight excluding hydrogens is 262 g/mol. The predicted molar refractivity (Wildman–Crippen MR) is 77.7 cm³/mol. The molecule has 19 heavy (non-hydrogen) atoms. The molecule has 0 aromatic carbocycles. The van der Waals surface area contributed by atoms with E-state index in [2.05, 4.69) is 31.1 Å². The highest BCUT2D eigenvalue weighted by atomic mass is 32.2. The molecule has 0 saturated heterocycles. The van der Waals surface area contributed by atoms with Crippen LogP contribution in [-0.2, 0) is 10.0 Å². The van der Waals surface area contributed by atoms with Gasteiger partial charge in [-0.3, -0.25) is 0 Å². The van der Waals surface area contributed by atoms with Crippen molar-refractivity contribution in [1.82, 2.24) is 9.29 Å². The van der Waals surface area contributed by atoms with E-state index in [-0.39, 0.29) is 10.4 Å². The van der Waals surface area contributed by atoms with Crippen molar-refractivity contribution in [3.8, 4) is 0 Å². The maximum absolute atomic E-state index is 11.9. The topological polar surface area (TPSA) is 62.3 Å². The second kappa shape index (κ2) is 5.88. The second-order valence-corrected chi connectivity index (χ2v) is 7.58. The van der Waals surface area contributed by atoms with Crippen molar-refractivity contribution in [3.63, 3.8) is 0 Å². The van der Waals surface area contributed by atoms with Crippen LogP contribution >= 0.6 is 0 Å². The Morgan fingerprint density at radius 3 is 2.37 bits per heavy atom. The van der Waals surface area contributed by atoms with Crippen LogP contribution in [0.1, 0.15) is 33.6 Å². The summed E-state index contributed by atoms with van der Waals surface area (Å²) in [5.41, 5.74) is -0.0519. The molecule has 0 fully saturated rings. The molecule has 0 atom stereocenters. The number of anilines is 1. The lowest BCUT2D eigenvalue weighted by atomic mass is 9.99. The van der Waals surface area contributed by atoms with Gasteiger partial charge in [0.1, 0.15) is 10.7 Å². The van der Waals surface area contributed by atoms with E-state index in [0.717, 1.165) is 12.8 Å². The lowest BCUT2D eigenvalue weighted by Gasteiger charge is -2.26. The van der Waals surface area contributed by atoms with Gasteiger partial charge in [0.25, 0.3) is 0 Å². The molecule has 0 aliphatic rings. The van der Waals surface area contributed by atoms with E-state index in [4.69, 9.17) is 0 Å². The average Bonchev–Trinajstić information content (AvgIpc) is 2.28. The van der Waals surface area contributed by atoms with Crippen LogP contribution in [0.15, 0.2) is 23.2 Å². The zero-order valence-corrected chi connectivity index (χ0v) is 13.1. The number of nitrogens with one attached hydrogen (secondary N) is 1. The van der Waals surface area contributed by atoms with E-state index in [1.54, 1.807) is 12.1 Å². The van der Waals surface area contributed by atoms with Gasteiger partial charge in [0.05, 0.1) is 0 Å². The predicted octanol–water partition coefficient (Wildman–Crippen LogP) is 2.32. The van der Waals surface area contributed by atoms with Crippen molar-refractivity contribution in [3.05, 3.63) is 18.3 Å². The summed E-state index contributed by atoms with van der Waals surface area (Å²) >= 11 is 0. The quantitative estimate of drug-likeness (QED) is 0.871. The number of nitrogens with zero attached hydrogens (tertiary/aromatic N) is 2. The van der Waals surface area contributed by atoms with Crippen molar-refractivity contribution in [2.75, 3.05) is 19.4 Å². The molecule has 1 aromatic heterocycles. The fourth-order valence-electron chi connectivity index (χ4n) is 1.85. The van der Waals surface area contributed by atoms with Gasteiger partial charge in [-0.25, -0.2) is 17.7 Å². The van der Waals surface area contributed by atoms with Gasteiger partial charge < -0.3 is 5.32 Å². The first kappa shape index (κ1) is 15.9. The molecule has 0 amide bonds. The molecule has 1 rings (SSSR count). The Labute approximate surface area is 116 Å². The summed E-state index contributed by atoms with van der Waals surface area (Å²) in [6.07, 6.45) is 3.49. The Bertz CT molecular complexity index is 507. The minimum atomic E-state index is -3.40. The summed E-state index contributed by atoms with van der Waals surface area (Å²) in [6, 6.07) is 3.28. The highest BCUT2D eigenvalue weighted by Gasteiger charge is 2.19. The van der Waals surface area contributed by atoms with Crippen LogP contribution < -0.4 is 5.32 Å². The Balaban J connectivity index is 2.89. The van der Waals surface area contributed by atoms with E-state index < -0.39 is 10.0 Å². The van der Waals surface area contributed by atoms with Crippen LogP contribution in [0.25, 0.3) is 0 Å². The van der Waals surface area contributed by atoms with Crippen LogP contribution in [-0.4, -0.2) is 37.3 Å². The van der Waals surface area contributed by atoms with Crippen molar-refractivity contribution in [1.29, 1.82) is 0 Å². The van der Waals surface area contributed by atoms with Gasteiger partial charge in [0.15, 0.2) is 0 Å². The zero-order valence-electron chi connectivity index (χ0n) is 12.3. The summed E-state index contributed by atoms with van der Waals surface area (Å²) in [4.78, 5) is 4.38. The van der Waals surface area contributed by atoms with Gasteiger partial charge in [0.2, 0.25) is 10.0 Å². The fraction of sp³-hybridized carbons (Fsp3) is 0.615. The summed E-state index contributed by atoms with van der Waals surface area (Å²) in [7, 11) is -0.393. The van der Waals surface area contributed by atoms with E-state index in [0.29, 0.717) is 5.82 Å². The van der Waals surface area contributed by atoms with Gasteiger partial charge in [-0.05, 0) is 32.4 Å². The average molecular weight is 285 g/mol. The van der Waals surface area contributed by atoms with Gasteiger partial charge >= 0.3 is 0 Å². The molecule has 0 radical (unpaired) electrons. The number of hydrogen-bond donors (Lipinski definition) is 1. The third-order valence-electron chi connectivity index (χ3n) is 2.86. The van der Waals surface area contributed by atoms with Crippen LogP contribution in [0.2, 0.25) is 0 Å². The molecule has 1 heterocycles. The maximum atomic E-state index is 11.9. The fourth-order valence-corrected chi connectivity index (χ4v) is 2.70. The number of pyridine rings is 1. The molecule has 1 aromatic rings. The Hall–Kier alpha value is -1.14. The van der Waals surface area contributed by atoms with Crippen LogP contribution in [0.3, 0.4) is 0 Å². The molecule has 0 bridgehead atoms. The number of sulfonamides is 1. The number of hydrogen-bond acceptors (Lipinski definition) is 4. The van der Waals surface area contributed by atoms with Crippen molar-refractivity contribution < 1.29 is 8.42 Å². The lowest BCUT2D eigenvalue weighted by Crippen LogP contribution is -2.31. The highest BCUT2D eigenvalue weighted by Crippen LogP contribution is 2.19. The van der Waals surface area contributed by atoms with Crippen molar-refractivity contribution in [2.24, 2.45) is 0 Å². The minimum Gasteiger partial charge on any atom is -0.365 e.